The molecule has 2 amide bonds. The number of carbonyl (C=O) groups excluding carboxylic acids is 2. The van der Waals surface area contributed by atoms with Crippen LogP contribution in [0.15, 0.2) is 24.3 Å². The van der Waals surface area contributed by atoms with Crippen LogP contribution in [0.5, 0.6) is 0 Å². The zero-order valence-electron chi connectivity index (χ0n) is 14.4. The summed E-state index contributed by atoms with van der Waals surface area (Å²) in [6, 6.07) is 8.32. The fourth-order valence-corrected chi connectivity index (χ4v) is 2.97. The van der Waals surface area contributed by atoms with Gasteiger partial charge in [0.1, 0.15) is 0 Å². The predicted octanol–water partition coefficient (Wildman–Crippen LogP) is 2.79. The van der Waals surface area contributed by atoms with E-state index in [1.54, 1.807) is 0 Å². The smallest absolute Gasteiger partial charge is 0.223 e. The van der Waals surface area contributed by atoms with Crippen molar-refractivity contribution in [1.82, 2.24) is 9.80 Å². The topological polar surface area (TPSA) is 40.6 Å². The van der Waals surface area contributed by atoms with E-state index in [0.717, 1.165) is 19.3 Å². The quantitative estimate of drug-likeness (QED) is 0.810. The molecule has 23 heavy (non-hydrogen) atoms. The standard InChI is InChI=1S/C19H28N2O2/c1-3-4-8-18(22)20-11-13-21(14-12-20)19(23)10-9-17-7-5-6-16(2)15-17/h5-7,15H,3-4,8-14H2,1-2H3. The molecule has 1 aromatic carbocycles. The third-order valence-corrected chi connectivity index (χ3v) is 4.44. The predicted molar refractivity (Wildman–Crippen MR) is 92.2 cm³/mol. The van der Waals surface area contributed by atoms with Gasteiger partial charge in [0.25, 0.3) is 0 Å². The summed E-state index contributed by atoms with van der Waals surface area (Å²) in [7, 11) is 0. The van der Waals surface area contributed by atoms with E-state index in [4.69, 9.17) is 0 Å². The number of benzene rings is 1. The van der Waals surface area contributed by atoms with Gasteiger partial charge in [0.15, 0.2) is 0 Å². The Kier molecular flexibility index (Phi) is 6.63. The molecular formula is C19H28N2O2. The minimum atomic E-state index is 0.201. The highest BCUT2D eigenvalue weighted by Gasteiger charge is 2.23. The number of piperazine rings is 1. The summed E-state index contributed by atoms with van der Waals surface area (Å²) in [6.07, 6.45) is 3.97. The summed E-state index contributed by atoms with van der Waals surface area (Å²) < 4.78 is 0. The lowest BCUT2D eigenvalue weighted by Gasteiger charge is -2.35. The average Bonchev–Trinajstić information content (AvgIpc) is 2.57. The van der Waals surface area contributed by atoms with Crippen molar-refractivity contribution < 1.29 is 9.59 Å². The van der Waals surface area contributed by atoms with Gasteiger partial charge in [0, 0.05) is 39.0 Å². The molecule has 0 unspecified atom stereocenters. The molecule has 1 aliphatic heterocycles. The van der Waals surface area contributed by atoms with Gasteiger partial charge in [-0.05, 0) is 25.3 Å². The summed E-state index contributed by atoms with van der Waals surface area (Å²) in [5, 5.41) is 0. The molecule has 0 atom stereocenters. The van der Waals surface area contributed by atoms with Crippen molar-refractivity contribution in [2.45, 2.75) is 46.0 Å². The normalized spacial score (nSPS) is 14.9. The van der Waals surface area contributed by atoms with E-state index in [9.17, 15) is 9.59 Å². The van der Waals surface area contributed by atoms with Gasteiger partial charge < -0.3 is 9.80 Å². The lowest BCUT2D eigenvalue weighted by Crippen LogP contribution is -2.50. The van der Waals surface area contributed by atoms with E-state index in [0.29, 0.717) is 39.0 Å². The van der Waals surface area contributed by atoms with Crippen LogP contribution < -0.4 is 0 Å². The molecule has 0 N–H and O–H groups in total. The van der Waals surface area contributed by atoms with Gasteiger partial charge in [-0.25, -0.2) is 0 Å². The maximum atomic E-state index is 12.3. The van der Waals surface area contributed by atoms with Crippen LogP contribution in [-0.2, 0) is 16.0 Å². The highest BCUT2D eigenvalue weighted by molar-refractivity contribution is 5.78. The van der Waals surface area contributed by atoms with Crippen LogP contribution in [0, 0.1) is 6.92 Å². The van der Waals surface area contributed by atoms with Crippen molar-refractivity contribution in [3.63, 3.8) is 0 Å². The molecule has 4 nitrogen and oxygen atoms in total. The van der Waals surface area contributed by atoms with Gasteiger partial charge in [0.05, 0.1) is 0 Å². The molecule has 0 spiro atoms. The molecule has 0 saturated carbocycles. The zero-order chi connectivity index (χ0) is 16.7. The Morgan fingerprint density at radius 1 is 1.00 bits per heavy atom. The first kappa shape index (κ1) is 17.5. The van der Waals surface area contributed by atoms with Gasteiger partial charge in [-0.15, -0.1) is 0 Å². The van der Waals surface area contributed by atoms with E-state index in [2.05, 4.69) is 32.0 Å². The molecular weight excluding hydrogens is 288 g/mol. The minimum absolute atomic E-state index is 0.201. The van der Waals surface area contributed by atoms with E-state index in [1.807, 2.05) is 15.9 Å². The maximum absolute atomic E-state index is 12.3. The third-order valence-electron chi connectivity index (χ3n) is 4.44. The number of amides is 2. The Morgan fingerprint density at radius 2 is 1.61 bits per heavy atom. The van der Waals surface area contributed by atoms with Crippen LogP contribution >= 0.6 is 0 Å². The van der Waals surface area contributed by atoms with Crippen LogP contribution in [0.25, 0.3) is 0 Å². The molecule has 0 aliphatic carbocycles. The Labute approximate surface area is 139 Å². The molecule has 0 bridgehead atoms. The highest BCUT2D eigenvalue weighted by atomic mass is 16.2. The van der Waals surface area contributed by atoms with Crippen molar-refractivity contribution in [2.75, 3.05) is 26.2 Å². The fourth-order valence-electron chi connectivity index (χ4n) is 2.97. The first-order chi connectivity index (χ1) is 11.1. The van der Waals surface area contributed by atoms with Gasteiger partial charge in [0.2, 0.25) is 11.8 Å². The second-order valence-electron chi connectivity index (χ2n) is 6.35. The first-order valence-electron chi connectivity index (χ1n) is 8.71. The summed E-state index contributed by atoms with van der Waals surface area (Å²) in [5.41, 5.74) is 2.45. The molecule has 1 aromatic rings. The Hall–Kier alpha value is -1.84. The van der Waals surface area contributed by atoms with Crippen LogP contribution in [-0.4, -0.2) is 47.8 Å². The van der Waals surface area contributed by atoms with Gasteiger partial charge >= 0.3 is 0 Å². The summed E-state index contributed by atoms with van der Waals surface area (Å²) in [4.78, 5) is 28.1. The lowest BCUT2D eigenvalue weighted by molar-refractivity contribution is -0.139. The van der Waals surface area contributed by atoms with Gasteiger partial charge in [-0.3, -0.25) is 9.59 Å². The summed E-state index contributed by atoms with van der Waals surface area (Å²) in [6.45, 7) is 6.87. The molecule has 4 heteroatoms. The number of rotatable bonds is 6. The molecule has 0 radical (unpaired) electrons. The van der Waals surface area contributed by atoms with Crippen molar-refractivity contribution in [1.29, 1.82) is 0 Å². The highest BCUT2D eigenvalue weighted by Crippen LogP contribution is 2.11. The first-order valence-corrected chi connectivity index (χ1v) is 8.71. The molecule has 1 aliphatic rings. The molecule has 1 fully saturated rings. The lowest BCUT2D eigenvalue weighted by atomic mass is 10.1. The van der Waals surface area contributed by atoms with E-state index < -0.39 is 0 Å². The Morgan fingerprint density at radius 3 is 2.17 bits per heavy atom. The van der Waals surface area contributed by atoms with Crippen LogP contribution in [0.4, 0.5) is 0 Å². The van der Waals surface area contributed by atoms with Crippen LogP contribution in [0.2, 0.25) is 0 Å². The molecule has 0 aromatic heterocycles. The number of unbranched alkanes of at least 4 members (excludes halogenated alkanes) is 1. The van der Waals surface area contributed by atoms with Crippen molar-refractivity contribution in [3.8, 4) is 0 Å². The summed E-state index contributed by atoms with van der Waals surface area (Å²) in [5.74, 6) is 0.436. The Balaban J connectivity index is 1.74. The molecule has 2 rings (SSSR count). The maximum Gasteiger partial charge on any atom is 0.223 e. The monoisotopic (exact) mass is 316 g/mol. The van der Waals surface area contributed by atoms with Crippen LogP contribution in [0.3, 0.4) is 0 Å². The number of nitrogens with zero attached hydrogens (tertiary/aromatic N) is 2. The third kappa shape index (κ3) is 5.38. The number of hydrogen-bond donors (Lipinski definition) is 0. The Bertz CT molecular complexity index is 534. The molecule has 1 saturated heterocycles. The number of carbonyl (C=O) groups is 2. The van der Waals surface area contributed by atoms with Gasteiger partial charge in [-0.1, -0.05) is 43.2 Å². The van der Waals surface area contributed by atoms with Crippen molar-refractivity contribution in [2.24, 2.45) is 0 Å². The van der Waals surface area contributed by atoms with Crippen LogP contribution in [0.1, 0.15) is 43.7 Å². The van der Waals surface area contributed by atoms with E-state index in [1.165, 1.54) is 11.1 Å². The fraction of sp³-hybridized carbons (Fsp3) is 0.579. The number of aryl methyl sites for hydroxylation is 2. The molecule has 126 valence electrons. The number of hydrogen-bond acceptors (Lipinski definition) is 2. The van der Waals surface area contributed by atoms with Crippen molar-refractivity contribution in [3.05, 3.63) is 35.4 Å². The van der Waals surface area contributed by atoms with Crippen molar-refractivity contribution >= 4 is 11.8 Å². The second-order valence-corrected chi connectivity index (χ2v) is 6.35. The largest absolute Gasteiger partial charge is 0.339 e. The molecule has 1 heterocycles. The van der Waals surface area contributed by atoms with Gasteiger partial charge in [-0.2, -0.15) is 0 Å². The van der Waals surface area contributed by atoms with E-state index in [-0.39, 0.29) is 11.8 Å². The minimum Gasteiger partial charge on any atom is -0.339 e. The summed E-state index contributed by atoms with van der Waals surface area (Å²) >= 11 is 0. The van der Waals surface area contributed by atoms with E-state index >= 15 is 0 Å². The average molecular weight is 316 g/mol. The zero-order valence-corrected chi connectivity index (χ0v) is 14.4. The second kappa shape index (κ2) is 8.70. The SMILES string of the molecule is CCCCC(=O)N1CCN(C(=O)CCc2cccc(C)c2)CC1.